The molecule has 20 heavy (non-hydrogen) atoms. The van der Waals surface area contributed by atoms with Gasteiger partial charge in [0.1, 0.15) is 6.04 Å². The summed E-state index contributed by atoms with van der Waals surface area (Å²) >= 11 is 1.31. The van der Waals surface area contributed by atoms with Crippen molar-refractivity contribution in [2.75, 3.05) is 0 Å². The van der Waals surface area contributed by atoms with Crippen LogP contribution in [0.3, 0.4) is 0 Å². The van der Waals surface area contributed by atoms with Crippen LogP contribution in [0.1, 0.15) is 39.9 Å². The average molecular weight is 298 g/mol. The number of thiophene rings is 1. The Morgan fingerprint density at radius 2 is 2.10 bits per heavy atom. The van der Waals surface area contributed by atoms with Crippen molar-refractivity contribution in [3.63, 3.8) is 0 Å². The zero-order chi connectivity index (χ0) is 15.3. The number of carbonyl (C=O) groups is 3. The second kappa shape index (κ2) is 7.04. The van der Waals surface area contributed by atoms with Crippen molar-refractivity contribution >= 4 is 29.1 Å². The van der Waals surface area contributed by atoms with Crippen LogP contribution in [0.5, 0.6) is 0 Å². The van der Waals surface area contributed by atoms with Crippen molar-refractivity contribution in [1.82, 2.24) is 5.32 Å². The molecule has 6 nitrogen and oxygen atoms in total. The lowest BCUT2D eigenvalue weighted by molar-refractivity contribution is -0.140. The number of carboxylic acids is 1. The van der Waals surface area contributed by atoms with E-state index in [1.54, 1.807) is 6.07 Å². The molecule has 0 unspecified atom stereocenters. The summed E-state index contributed by atoms with van der Waals surface area (Å²) in [5.41, 5.74) is 6.05. The van der Waals surface area contributed by atoms with Gasteiger partial charge in [0.25, 0.3) is 5.91 Å². The molecule has 1 aromatic rings. The third-order valence-electron chi connectivity index (χ3n) is 2.77. The van der Waals surface area contributed by atoms with Gasteiger partial charge in [-0.3, -0.25) is 9.59 Å². The Morgan fingerprint density at radius 3 is 2.60 bits per heavy atom. The monoisotopic (exact) mass is 298 g/mol. The van der Waals surface area contributed by atoms with E-state index in [0.29, 0.717) is 4.88 Å². The number of carbonyl (C=O) groups excluding carboxylic acids is 2. The molecule has 110 valence electrons. The van der Waals surface area contributed by atoms with E-state index in [-0.39, 0.29) is 0 Å². The summed E-state index contributed by atoms with van der Waals surface area (Å²) in [6.07, 6.45) is 1.42. The summed E-state index contributed by atoms with van der Waals surface area (Å²) in [6.45, 7) is 3.97. The molecular weight excluding hydrogens is 280 g/mol. The van der Waals surface area contributed by atoms with E-state index in [4.69, 9.17) is 10.8 Å². The molecule has 0 aliphatic heterocycles. The van der Waals surface area contributed by atoms with Gasteiger partial charge >= 0.3 is 5.97 Å². The summed E-state index contributed by atoms with van der Waals surface area (Å²) < 4.78 is 0. The van der Waals surface area contributed by atoms with Gasteiger partial charge in [-0.1, -0.05) is 13.3 Å². The minimum Gasteiger partial charge on any atom is -0.480 e. The molecule has 0 aliphatic carbocycles. The number of nitrogens with one attached hydrogen (secondary N) is 1. The molecule has 1 aromatic heterocycles. The van der Waals surface area contributed by atoms with Crippen LogP contribution >= 0.6 is 11.3 Å². The van der Waals surface area contributed by atoms with Crippen LogP contribution in [-0.2, 0) is 16.0 Å². The first-order valence-electron chi connectivity index (χ1n) is 6.26. The summed E-state index contributed by atoms with van der Waals surface area (Å²) in [4.78, 5) is 35.2. The highest BCUT2D eigenvalue weighted by molar-refractivity contribution is 7.14. The van der Waals surface area contributed by atoms with E-state index >= 15 is 0 Å². The van der Waals surface area contributed by atoms with E-state index in [9.17, 15) is 14.4 Å². The van der Waals surface area contributed by atoms with Gasteiger partial charge in [0.15, 0.2) is 0 Å². The maximum atomic E-state index is 12.0. The number of amides is 2. The molecule has 1 heterocycles. The fourth-order valence-corrected chi connectivity index (χ4v) is 2.75. The van der Waals surface area contributed by atoms with Crippen LogP contribution in [-0.4, -0.2) is 28.9 Å². The van der Waals surface area contributed by atoms with Gasteiger partial charge in [0.05, 0.1) is 11.3 Å². The molecular formula is C13H18N2O4S. The molecule has 0 saturated carbocycles. The van der Waals surface area contributed by atoms with Crippen molar-refractivity contribution < 1.29 is 19.5 Å². The minimum absolute atomic E-state index is 0.423. The molecule has 7 heteroatoms. The molecule has 0 saturated heterocycles. The van der Waals surface area contributed by atoms with Gasteiger partial charge in [0, 0.05) is 4.88 Å². The molecule has 2 amide bonds. The predicted octanol–water partition coefficient (Wildman–Crippen LogP) is 1.07. The van der Waals surface area contributed by atoms with Crippen molar-refractivity contribution in [3.8, 4) is 0 Å². The summed E-state index contributed by atoms with van der Waals surface area (Å²) in [5.74, 6) is -2.54. The summed E-state index contributed by atoms with van der Waals surface area (Å²) in [5, 5.41) is 11.3. The van der Waals surface area contributed by atoms with Crippen molar-refractivity contribution in [2.45, 2.75) is 39.2 Å². The minimum atomic E-state index is -1.29. The second-order valence-corrected chi connectivity index (χ2v) is 5.73. The van der Waals surface area contributed by atoms with Crippen LogP contribution < -0.4 is 11.1 Å². The molecule has 1 rings (SSSR count). The van der Waals surface area contributed by atoms with Crippen molar-refractivity contribution in [1.29, 1.82) is 0 Å². The lowest BCUT2D eigenvalue weighted by atomic mass is 10.1. The lowest BCUT2D eigenvalue weighted by Crippen LogP contribution is -2.43. The van der Waals surface area contributed by atoms with Gasteiger partial charge < -0.3 is 16.2 Å². The van der Waals surface area contributed by atoms with Gasteiger partial charge in [0.2, 0.25) is 5.91 Å². The van der Waals surface area contributed by atoms with Crippen LogP contribution in [0.2, 0.25) is 0 Å². The first-order chi connectivity index (χ1) is 9.35. The standard InChI is InChI=1S/C13H18N2O4S/c1-3-4-8-5-10(20-7(8)2)12(17)15-9(13(18)19)6-11(14)16/h5,9H,3-4,6H2,1-2H3,(H2,14,16)(H,15,17)(H,18,19)/t9-/m0/s1. The molecule has 0 aromatic carbocycles. The number of carboxylic acid groups (broad SMARTS) is 1. The maximum absolute atomic E-state index is 12.0. The fourth-order valence-electron chi connectivity index (χ4n) is 1.78. The van der Waals surface area contributed by atoms with E-state index in [1.165, 1.54) is 11.3 Å². The van der Waals surface area contributed by atoms with E-state index in [2.05, 4.69) is 5.32 Å². The number of aryl methyl sites for hydroxylation is 2. The highest BCUT2D eigenvalue weighted by atomic mass is 32.1. The number of hydrogen-bond donors (Lipinski definition) is 3. The van der Waals surface area contributed by atoms with E-state index < -0.39 is 30.2 Å². The quantitative estimate of drug-likeness (QED) is 0.699. The highest BCUT2D eigenvalue weighted by Gasteiger charge is 2.23. The fraction of sp³-hybridized carbons (Fsp3) is 0.462. The molecule has 0 radical (unpaired) electrons. The largest absolute Gasteiger partial charge is 0.480 e. The third-order valence-corrected chi connectivity index (χ3v) is 3.86. The van der Waals surface area contributed by atoms with E-state index in [1.807, 2.05) is 13.8 Å². The Bertz CT molecular complexity index is 524. The van der Waals surface area contributed by atoms with Crippen molar-refractivity contribution in [2.24, 2.45) is 5.73 Å². The Kier molecular flexibility index (Phi) is 5.69. The van der Waals surface area contributed by atoms with Gasteiger partial charge in [-0.2, -0.15) is 0 Å². The van der Waals surface area contributed by atoms with Crippen LogP contribution in [0.25, 0.3) is 0 Å². The van der Waals surface area contributed by atoms with Gasteiger partial charge in [-0.15, -0.1) is 11.3 Å². The highest BCUT2D eigenvalue weighted by Crippen LogP contribution is 2.22. The number of primary amides is 1. The zero-order valence-corrected chi connectivity index (χ0v) is 12.3. The smallest absolute Gasteiger partial charge is 0.326 e. The Morgan fingerprint density at radius 1 is 1.45 bits per heavy atom. The Labute approximate surface area is 121 Å². The normalized spacial score (nSPS) is 11.9. The molecule has 0 aliphatic rings. The third kappa shape index (κ3) is 4.34. The van der Waals surface area contributed by atoms with Gasteiger partial charge in [-0.25, -0.2) is 4.79 Å². The second-order valence-electron chi connectivity index (χ2n) is 4.48. The van der Waals surface area contributed by atoms with Crippen molar-refractivity contribution in [3.05, 3.63) is 21.4 Å². The summed E-state index contributed by atoms with van der Waals surface area (Å²) in [7, 11) is 0. The number of nitrogens with two attached hydrogens (primary N) is 1. The Hall–Kier alpha value is -1.89. The molecule has 0 fully saturated rings. The lowest BCUT2D eigenvalue weighted by Gasteiger charge is -2.11. The average Bonchev–Trinajstić information content (AvgIpc) is 2.70. The van der Waals surface area contributed by atoms with Gasteiger partial charge in [-0.05, 0) is 25.0 Å². The van der Waals surface area contributed by atoms with Crippen LogP contribution in [0.15, 0.2) is 6.07 Å². The number of rotatable bonds is 7. The predicted molar refractivity (Wildman–Crippen MR) is 75.8 cm³/mol. The topological polar surface area (TPSA) is 109 Å². The Balaban J connectivity index is 2.81. The van der Waals surface area contributed by atoms with E-state index in [0.717, 1.165) is 23.3 Å². The first kappa shape index (κ1) is 16.2. The SMILES string of the molecule is CCCc1cc(C(=O)N[C@@H](CC(N)=O)C(=O)O)sc1C. The molecule has 0 bridgehead atoms. The maximum Gasteiger partial charge on any atom is 0.326 e. The first-order valence-corrected chi connectivity index (χ1v) is 7.08. The van der Waals surface area contributed by atoms with Crippen LogP contribution in [0, 0.1) is 6.92 Å². The number of hydrogen-bond acceptors (Lipinski definition) is 4. The molecule has 0 spiro atoms. The molecule has 1 atom stereocenters. The summed E-state index contributed by atoms with van der Waals surface area (Å²) in [6, 6.07) is 0.471. The van der Waals surface area contributed by atoms with Crippen LogP contribution in [0.4, 0.5) is 0 Å². The number of aliphatic carboxylic acids is 1. The zero-order valence-electron chi connectivity index (χ0n) is 11.4. The molecule has 4 N–H and O–H groups in total.